The SMILES string of the molecule is Cn1cc(-c2cn3ncc(F)c3c(O[C@@H]3CCCC(/C=N/C(=O)OC(C)(C)C)C3)n2)cn1. The Hall–Kier alpha value is -3.30. The summed E-state index contributed by atoms with van der Waals surface area (Å²) in [5.74, 6) is -0.242. The predicted molar refractivity (Wildman–Crippen MR) is 116 cm³/mol. The second kappa shape index (κ2) is 8.68. The maximum absolute atomic E-state index is 14.4. The third-order valence-electron chi connectivity index (χ3n) is 5.15. The molecule has 0 aliphatic heterocycles. The van der Waals surface area contributed by atoms with E-state index >= 15 is 0 Å². The standard InChI is InChI=1S/C22H27FN6O3/c1-22(2,3)32-21(30)24-9-14-6-5-7-16(8-14)31-20-19-17(23)11-26-29(19)13-18(27-20)15-10-25-28(4)12-15/h9-14,16H,5-8H2,1-4H3/b24-9+/t14?,16-/m1/s1. The van der Waals surface area contributed by atoms with E-state index in [1.807, 2.05) is 13.2 Å². The van der Waals surface area contributed by atoms with Gasteiger partial charge in [-0.1, -0.05) is 0 Å². The Morgan fingerprint density at radius 3 is 2.78 bits per heavy atom. The summed E-state index contributed by atoms with van der Waals surface area (Å²) >= 11 is 0. The first-order valence-corrected chi connectivity index (χ1v) is 10.6. The first kappa shape index (κ1) is 21.9. The van der Waals surface area contributed by atoms with E-state index in [0.717, 1.165) is 31.0 Å². The van der Waals surface area contributed by atoms with Crippen LogP contribution >= 0.6 is 0 Å². The highest BCUT2D eigenvalue weighted by Crippen LogP contribution is 2.31. The van der Waals surface area contributed by atoms with Gasteiger partial charge in [0.05, 0.1) is 24.3 Å². The molecule has 1 aliphatic carbocycles. The summed E-state index contributed by atoms with van der Waals surface area (Å²) in [5.41, 5.74) is 0.976. The average molecular weight is 442 g/mol. The van der Waals surface area contributed by atoms with Crippen LogP contribution in [0.1, 0.15) is 46.5 Å². The first-order chi connectivity index (χ1) is 15.2. The molecular weight excluding hydrogens is 415 g/mol. The van der Waals surface area contributed by atoms with Gasteiger partial charge in [0.15, 0.2) is 11.3 Å². The van der Waals surface area contributed by atoms with Crippen molar-refractivity contribution in [1.29, 1.82) is 0 Å². The normalized spacial score (nSPS) is 19.5. The highest BCUT2D eigenvalue weighted by molar-refractivity contribution is 5.80. The van der Waals surface area contributed by atoms with Crippen molar-refractivity contribution in [2.75, 3.05) is 0 Å². The van der Waals surface area contributed by atoms with E-state index in [9.17, 15) is 9.18 Å². The van der Waals surface area contributed by atoms with E-state index in [-0.39, 0.29) is 23.4 Å². The van der Waals surface area contributed by atoms with Crippen molar-refractivity contribution in [3.63, 3.8) is 0 Å². The summed E-state index contributed by atoms with van der Waals surface area (Å²) in [6.07, 6.45) is 10.4. The predicted octanol–water partition coefficient (Wildman–Crippen LogP) is 4.21. The summed E-state index contributed by atoms with van der Waals surface area (Å²) in [6, 6.07) is 0. The molecule has 0 spiro atoms. The number of amides is 1. The van der Waals surface area contributed by atoms with Crippen LogP contribution in [0, 0.1) is 11.7 Å². The number of halogens is 1. The van der Waals surface area contributed by atoms with Gasteiger partial charge < -0.3 is 9.47 Å². The fourth-order valence-electron chi connectivity index (χ4n) is 3.76. The zero-order chi connectivity index (χ0) is 22.9. The summed E-state index contributed by atoms with van der Waals surface area (Å²) in [4.78, 5) is 20.4. The second-order valence-corrected chi connectivity index (χ2v) is 9.04. The van der Waals surface area contributed by atoms with Gasteiger partial charge in [-0.15, -0.1) is 0 Å². The third kappa shape index (κ3) is 5.12. The molecule has 3 aromatic rings. The molecule has 4 rings (SSSR count). The summed E-state index contributed by atoms with van der Waals surface area (Å²) in [5, 5.41) is 8.25. The van der Waals surface area contributed by atoms with Gasteiger partial charge in [0.2, 0.25) is 5.88 Å². The van der Waals surface area contributed by atoms with Crippen LogP contribution in [-0.4, -0.2) is 48.4 Å². The fourth-order valence-corrected chi connectivity index (χ4v) is 3.76. The molecule has 3 heterocycles. The fraction of sp³-hybridized carbons (Fsp3) is 0.500. The molecule has 0 saturated heterocycles. The third-order valence-corrected chi connectivity index (χ3v) is 5.15. The zero-order valence-corrected chi connectivity index (χ0v) is 18.7. The van der Waals surface area contributed by atoms with E-state index < -0.39 is 17.5 Å². The van der Waals surface area contributed by atoms with E-state index in [0.29, 0.717) is 12.1 Å². The number of fused-ring (bicyclic) bond motifs is 1. The van der Waals surface area contributed by atoms with Crippen LogP contribution in [-0.2, 0) is 11.8 Å². The van der Waals surface area contributed by atoms with Gasteiger partial charge >= 0.3 is 6.09 Å². The second-order valence-electron chi connectivity index (χ2n) is 9.04. The molecule has 0 radical (unpaired) electrons. The molecule has 0 N–H and O–H groups in total. The minimum Gasteiger partial charge on any atom is -0.473 e. The molecule has 1 unspecified atom stereocenters. The van der Waals surface area contributed by atoms with E-state index in [1.165, 1.54) is 4.52 Å². The first-order valence-electron chi connectivity index (χ1n) is 10.6. The number of nitrogens with zero attached hydrogens (tertiary/aromatic N) is 6. The minimum absolute atomic E-state index is 0.0635. The monoisotopic (exact) mass is 442 g/mol. The molecule has 1 saturated carbocycles. The smallest absolute Gasteiger partial charge is 0.433 e. The molecule has 1 aliphatic rings. The van der Waals surface area contributed by atoms with Crippen LogP contribution in [0.3, 0.4) is 0 Å². The lowest BCUT2D eigenvalue weighted by Gasteiger charge is -2.27. The highest BCUT2D eigenvalue weighted by atomic mass is 19.1. The lowest BCUT2D eigenvalue weighted by Crippen LogP contribution is -2.27. The average Bonchev–Trinajstić information content (AvgIpc) is 3.31. The number of rotatable bonds is 4. The van der Waals surface area contributed by atoms with Crippen molar-refractivity contribution in [2.45, 2.75) is 58.2 Å². The lowest BCUT2D eigenvalue weighted by atomic mass is 9.88. The van der Waals surface area contributed by atoms with Gasteiger partial charge in [-0.05, 0) is 52.4 Å². The number of ether oxygens (including phenoxy) is 2. The van der Waals surface area contributed by atoms with Crippen molar-refractivity contribution in [3.05, 3.63) is 30.6 Å². The van der Waals surface area contributed by atoms with E-state index in [4.69, 9.17) is 9.47 Å². The molecule has 1 amide bonds. The largest absolute Gasteiger partial charge is 0.473 e. The number of carbonyl (C=O) groups is 1. The molecule has 3 aromatic heterocycles. The summed E-state index contributed by atoms with van der Waals surface area (Å²) in [7, 11) is 1.81. The lowest BCUT2D eigenvalue weighted by molar-refractivity contribution is 0.0603. The Bertz CT molecular complexity index is 1150. The molecule has 10 heteroatoms. The van der Waals surface area contributed by atoms with Gasteiger partial charge in [0.1, 0.15) is 11.7 Å². The zero-order valence-electron chi connectivity index (χ0n) is 18.7. The number of aliphatic imine (C=N–C) groups is 1. The molecule has 0 aromatic carbocycles. The number of aryl methyl sites for hydroxylation is 1. The Morgan fingerprint density at radius 2 is 2.06 bits per heavy atom. The van der Waals surface area contributed by atoms with Crippen LogP contribution in [0.15, 0.2) is 29.8 Å². The Balaban J connectivity index is 1.52. The van der Waals surface area contributed by atoms with Crippen LogP contribution in [0.25, 0.3) is 16.8 Å². The maximum atomic E-state index is 14.4. The molecule has 1 fully saturated rings. The number of hydrogen-bond donors (Lipinski definition) is 0. The van der Waals surface area contributed by atoms with Gasteiger partial charge in [-0.25, -0.2) is 18.7 Å². The number of carbonyl (C=O) groups excluding carboxylic acids is 1. The highest BCUT2D eigenvalue weighted by Gasteiger charge is 2.26. The van der Waals surface area contributed by atoms with Gasteiger partial charge in [-0.3, -0.25) is 4.68 Å². The van der Waals surface area contributed by atoms with Gasteiger partial charge in [0, 0.05) is 25.0 Å². The van der Waals surface area contributed by atoms with E-state index in [2.05, 4.69) is 20.2 Å². The number of aromatic nitrogens is 5. The maximum Gasteiger partial charge on any atom is 0.433 e. The van der Waals surface area contributed by atoms with Crippen LogP contribution in [0.2, 0.25) is 0 Å². The van der Waals surface area contributed by atoms with E-state index in [1.54, 1.807) is 44.1 Å². The Labute approximate surface area is 185 Å². The molecule has 2 atom stereocenters. The van der Waals surface area contributed by atoms with Crippen molar-refractivity contribution in [3.8, 4) is 17.1 Å². The topological polar surface area (TPSA) is 95.9 Å². The van der Waals surface area contributed by atoms with Crippen molar-refractivity contribution >= 4 is 17.8 Å². The summed E-state index contributed by atoms with van der Waals surface area (Å²) < 4.78 is 28.9. The molecule has 170 valence electrons. The van der Waals surface area contributed by atoms with Crippen LogP contribution in [0.5, 0.6) is 5.88 Å². The van der Waals surface area contributed by atoms with Crippen LogP contribution in [0.4, 0.5) is 9.18 Å². The summed E-state index contributed by atoms with van der Waals surface area (Å²) in [6.45, 7) is 5.40. The van der Waals surface area contributed by atoms with Gasteiger partial charge in [0.25, 0.3) is 0 Å². The molecular formula is C22H27FN6O3. The molecule has 32 heavy (non-hydrogen) atoms. The quantitative estimate of drug-likeness (QED) is 0.562. The van der Waals surface area contributed by atoms with Crippen molar-refractivity contribution < 1.29 is 18.7 Å². The van der Waals surface area contributed by atoms with Crippen molar-refractivity contribution in [1.82, 2.24) is 24.4 Å². The number of hydrogen-bond acceptors (Lipinski definition) is 6. The van der Waals surface area contributed by atoms with Gasteiger partial charge in [-0.2, -0.15) is 15.2 Å². The molecule has 9 nitrogen and oxygen atoms in total. The Morgan fingerprint density at radius 1 is 1.25 bits per heavy atom. The van der Waals surface area contributed by atoms with Crippen molar-refractivity contribution in [2.24, 2.45) is 18.0 Å². The molecule has 0 bridgehead atoms. The minimum atomic E-state index is -0.602. The van der Waals surface area contributed by atoms with Crippen LogP contribution < -0.4 is 4.74 Å². The Kier molecular flexibility index (Phi) is 5.94.